The van der Waals surface area contributed by atoms with E-state index >= 15 is 0 Å². The van der Waals surface area contributed by atoms with E-state index in [-0.39, 0.29) is 0 Å². The fraction of sp³-hybridized carbons (Fsp3) is 0.133. The third kappa shape index (κ3) is 2.91. The summed E-state index contributed by atoms with van der Waals surface area (Å²) in [6, 6.07) is 10.0. The molecular weight excluding hydrogens is 315 g/mol. The van der Waals surface area contributed by atoms with Crippen LogP contribution in [0.1, 0.15) is 11.1 Å². The lowest BCUT2D eigenvalue weighted by molar-refractivity contribution is -0.158. The fourth-order valence-corrected chi connectivity index (χ4v) is 2.55. The van der Waals surface area contributed by atoms with Gasteiger partial charge in [0.15, 0.2) is 0 Å². The Morgan fingerprint density at radius 2 is 1.48 bits per heavy atom. The average molecular weight is 325 g/mol. The maximum absolute atomic E-state index is 11.3. The number of rotatable bonds is 1. The molecule has 0 saturated heterocycles. The summed E-state index contributed by atoms with van der Waals surface area (Å²) < 4.78 is 10.9. The molecule has 0 aromatic heterocycles. The van der Waals surface area contributed by atoms with Gasteiger partial charge in [-0.05, 0) is 36.4 Å². The first-order chi connectivity index (χ1) is 10.0. The number of benzene rings is 2. The Morgan fingerprint density at radius 1 is 1.00 bits per heavy atom. The molecule has 0 spiro atoms. The van der Waals surface area contributed by atoms with E-state index in [1.165, 1.54) is 0 Å². The molecule has 0 amide bonds. The number of ether oxygens (including phenoxy) is 2. The first-order valence-corrected chi connectivity index (χ1v) is 6.91. The molecular formula is C15H10Cl2O4. The summed E-state index contributed by atoms with van der Waals surface area (Å²) in [6.45, 7) is 0. The molecule has 0 bridgehead atoms. The van der Waals surface area contributed by atoms with Gasteiger partial charge >= 0.3 is 12.3 Å². The molecule has 4 nitrogen and oxygen atoms in total. The number of halogens is 2. The Bertz CT molecular complexity index is 661. The Balaban J connectivity index is 2.13. The Labute approximate surface area is 130 Å². The topological polar surface area (TPSA) is 55.8 Å². The Hall–Kier alpha value is -1.91. The number of hydrogen-bond acceptors (Lipinski definition) is 3. The number of carboxylic acid groups (broad SMARTS) is 1. The molecule has 0 atom stereocenters. The summed E-state index contributed by atoms with van der Waals surface area (Å²) in [6.07, 6.45) is -0.942. The van der Waals surface area contributed by atoms with Gasteiger partial charge in [-0.25, -0.2) is 4.79 Å². The number of hydrogen-bond donors (Lipinski definition) is 1. The molecule has 1 aliphatic heterocycles. The Morgan fingerprint density at radius 3 is 1.90 bits per heavy atom. The molecule has 2 aromatic rings. The lowest BCUT2D eigenvalue weighted by atomic mass is 10.0. The van der Waals surface area contributed by atoms with Crippen molar-refractivity contribution >= 4 is 29.2 Å². The summed E-state index contributed by atoms with van der Waals surface area (Å²) >= 11 is 12.0. The van der Waals surface area contributed by atoms with Crippen LogP contribution in [0.3, 0.4) is 0 Å². The van der Waals surface area contributed by atoms with Gasteiger partial charge in [-0.1, -0.05) is 23.2 Å². The molecule has 21 heavy (non-hydrogen) atoms. The van der Waals surface area contributed by atoms with E-state index < -0.39 is 12.3 Å². The van der Waals surface area contributed by atoms with Crippen molar-refractivity contribution in [3.05, 3.63) is 57.6 Å². The minimum absolute atomic E-state index is 0.428. The van der Waals surface area contributed by atoms with Crippen LogP contribution in [-0.2, 0) is 11.2 Å². The molecule has 1 heterocycles. The van der Waals surface area contributed by atoms with Crippen molar-refractivity contribution in [2.45, 2.75) is 12.7 Å². The monoisotopic (exact) mass is 324 g/mol. The standard InChI is InChI=1S/C15H10Cl2O4/c16-10-1-3-12-8(6-10)5-9-7-11(17)2-4-13(9)21-15(20-12)14(18)19/h1-4,6-7,15H,5H2,(H,18,19). The molecule has 2 aromatic carbocycles. The van der Waals surface area contributed by atoms with E-state index in [0.29, 0.717) is 28.0 Å². The van der Waals surface area contributed by atoms with Crippen LogP contribution in [0, 0.1) is 0 Å². The van der Waals surface area contributed by atoms with Crippen LogP contribution in [0.5, 0.6) is 11.5 Å². The third-order valence-electron chi connectivity index (χ3n) is 3.10. The summed E-state index contributed by atoms with van der Waals surface area (Å²) in [4.78, 5) is 11.3. The van der Waals surface area contributed by atoms with Crippen molar-refractivity contribution in [3.63, 3.8) is 0 Å². The molecule has 0 fully saturated rings. The van der Waals surface area contributed by atoms with Crippen LogP contribution in [0.4, 0.5) is 0 Å². The maximum Gasteiger partial charge on any atom is 0.387 e. The van der Waals surface area contributed by atoms with Crippen molar-refractivity contribution in [2.75, 3.05) is 0 Å². The van der Waals surface area contributed by atoms with Gasteiger partial charge in [-0.2, -0.15) is 0 Å². The lowest BCUT2D eigenvalue weighted by Gasteiger charge is -2.23. The van der Waals surface area contributed by atoms with Crippen molar-refractivity contribution < 1.29 is 19.4 Å². The highest BCUT2D eigenvalue weighted by molar-refractivity contribution is 6.31. The Kier molecular flexibility index (Phi) is 3.66. The summed E-state index contributed by atoms with van der Waals surface area (Å²) in [5.74, 6) is -0.353. The van der Waals surface area contributed by atoms with Gasteiger partial charge in [-0.3, -0.25) is 0 Å². The van der Waals surface area contributed by atoms with Crippen LogP contribution in [0.15, 0.2) is 36.4 Å². The lowest BCUT2D eigenvalue weighted by Crippen LogP contribution is -2.34. The number of carboxylic acids is 1. The SMILES string of the molecule is O=C(O)C1Oc2ccc(Cl)cc2Cc2cc(Cl)ccc2O1. The highest BCUT2D eigenvalue weighted by atomic mass is 35.5. The van der Waals surface area contributed by atoms with Crippen LogP contribution < -0.4 is 9.47 Å². The summed E-state index contributed by atoms with van der Waals surface area (Å²) in [5.41, 5.74) is 1.56. The molecule has 0 saturated carbocycles. The molecule has 0 radical (unpaired) electrons. The van der Waals surface area contributed by atoms with Crippen molar-refractivity contribution in [1.82, 2.24) is 0 Å². The highest BCUT2D eigenvalue weighted by Gasteiger charge is 2.26. The van der Waals surface area contributed by atoms with Gasteiger partial charge in [0.2, 0.25) is 0 Å². The molecule has 3 rings (SSSR count). The first-order valence-electron chi connectivity index (χ1n) is 6.16. The minimum atomic E-state index is -1.43. The number of carbonyl (C=O) groups is 1. The highest BCUT2D eigenvalue weighted by Crippen LogP contribution is 2.34. The molecule has 1 N–H and O–H groups in total. The normalized spacial score (nSPS) is 14.0. The number of aliphatic carboxylic acids is 1. The van der Waals surface area contributed by atoms with Crippen LogP contribution in [0.2, 0.25) is 10.0 Å². The van der Waals surface area contributed by atoms with Crippen molar-refractivity contribution in [2.24, 2.45) is 0 Å². The minimum Gasteiger partial charge on any atom is -0.476 e. The second kappa shape index (κ2) is 5.47. The van der Waals surface area contributed by atoms with Crippen LogP contribution in [-0.4, -0.2) is 17.4 Å². The van der Waals surface area contributed by atoms with Gasteiger partial charge < -0.3 is 14.6 Å². The van der Waals surface area contributed by atoms with E-state index in [9.17, 15) is 9.90 Å². The van der Waals surface area contributed by atoms with E-state index in [1.807, 2.05) is 0 Å². The zero-order chi connectivity index (χ0) is 15.0. The second-order valence-corrected chi connectivity index (χ2v) is 5.46. The van der Waals surface area contributed by atoms with Gasteiger partial charge in [0.25, 0.3) is 0 Å². The van der Waals surface area contributed by atoms with Gasteiger partial charge in [0.1, 0.15) is 11.5 Å². The van der Waals surface area contributed by atoms with Gasteiger partial charge in [0, 0.05) is 27.6 Å². The maximum atomic E-state index is 11.3. The third-order valence-corrected chi connectivity index (χ3v) is 3.57. The van der Waals surface area contributed by atoms with E-state index in [2.05, 4.69) is 0 Å². The molecule has 6 heteroatoms. The van der Waals surface area contributed by atoms with E-state index in [0.717, 1.165) is 11.1 Å². The molecule has 1 aliphatic rings. The predicted octanol–water partition coefficient (Wildman–Crippen LogP) is 3.77. The van der Waals surface area contributed by atoms with E-state index in [4.69, 9.17) is 32.7 Å². The predicted molar refractivity (Wildman–Crippen MR) is 78.4 cm³/mol. The second-order valence-electron chi connectivity index (χ2n) is 4.59. The van der Waals surface area contributed by atoms with Gasteiger partial charge in [0.05, 0.1) is 0 Å². The molecule has 0 aliphatic carbocycles. The molecule has 0 unspecified atom stereocenters. The van der Waals surface area contributed by atoms with Gasteiger partial charge in [-0.15, -0.1) is 0 Å². The largest absolute Gasteiger partial charge is 0.476 e. The quantitative estimate of drug-likeness (QED) is 0.867. The smallest absolute Gasteiger partial charge is 0.387 e. The summed E-state index contributed by atoms with van der Waals surface area (Å²) in [7, 11) is 0. The van der Waals surface area contributed by atoms with Crippen molar-refractivity contribution in [3.8, 4) is 11.5 Å². The fourth-order valence-electron chi connectivity index (χ4n) is 2.16. The summed E-state index contributed by atoms with van der Waals surface area (Å²) in [5, 5.41) is 10.3. The van der Waals surface area contributed by atoms with E-state index in [1.54, 1.807) is 36.4 Å². The van der Waals surface area contributed by atoms with Crippen LogP contribution in [0.25, 0.3) is 0 Å². The number of fused-ring (bicyclic) bond motifs is 2. The van der Waals surface area contributed by atoms with Crippen molar-refractivity contribution in [1.29, 1.82) is 0 Å². The average Bonchev–Trinajstić information content (AvgIpc) is 2.40. The first kappa shape index (κ1) is 14.0. The zero-order valence-corrected chi connectivity index (χ0v) is 12.2. The van der Waals surface area contributed by atoms with Crippen LogP contribution >= 0.6 is 23.2 Å². The zero-order valence-electron chi connectivity index (χ0n) is 10.7. The molecule has 108 valence electrons.